The highest BCUT2D eigenvalue weighted by molar-refractivity contribution is 9.10. The summed E-state index contributed by atoms with van der Waals surface area (Å²) in [4.78, 5) is 0.274. The quantitative estimate of drug-likeness (QED) is 0.807. The molecule has 1 rings (SSSR count). The summed E-state index contributed by atoms with van der Waals surface area (Å²) in [5.41, 5.74) is 6.20. The highest BCUT2D eigenvalue weighted by atomic mass is 79.9. The van der Waals surface area contributed by atoms with Gasteiger partial charge in [-0.15, -0.1) is 0 Å². The highest BCUT2D eigenvalue weighted by Gasteiger charge is 2.13. The van der Waals surface area contributed by atoms with Crippen LogP contribution < -0.4 is 10.5 Å². The maximum absolute atomic E-state index is 11.8. The van der Waals surface area contributed by atoms with E-state index in [4.69, 9.17) is 5.73 Å². The van der Waals surface area contributed by atoms with Crippen molar-refractivity contribution in [2.24, 2.45) is 5.73 Å². The van der Waals surface area contributed by atoms with Crippen molar-refractivity contribution in [2.45, 2.75) is 18.2 Å². The van der Waals surface area contributed by atoms with Crippen molar-refractivity contribution in [1.82, 2.24) is 4.72 Å². The summed E-state index contributed by atoms with van der Waals surface area (Å²) in [5.74, 6) is 0. The van der Waals surface area contributed by atoms with Crippen molar-refractivity contribution >= 4 is 26.0 Å². The molecule has 0 unspecified atom stereocenters. The second kappa shape index (κ2) is 5.77. The van der Waals surface area contributed by atoms with Gasteiger partial charge in [0.2, 0.25) is 10.0 Å². The molecule has 0 aromatic heterocycles. The minimum atomic E-state index is -3.41. The van der Waals surface area contributed by atoms with Crippen molar-refractivity contribution < 1.29 is 8.42 Å². The minimum absolute atomic E-state index is 0.274. The third-order valence-corrected chi connectivity index (χ3v) is 3.90. The van der Waals surface area contributed by atoms with Crippen LogP contribution >= 0.6 is 15.9 Å². The summed E-state index contributed by atoms with van der Waals surface area (Å²) in [6.07, 6.45) is 0.631. The Kier molecular flexibility index (Phi) is 4.91. The number of aryl methyl sites for hydroxylation is 1. The second-order valence-electron chi connectivity index (χ2n) is 3.50. The van der Waals surface area contributed by atoms with Crippen LogP contribution in [0.2, 0.25) is 0 Å². The molecule has 0 saturated carbocycles. The van der Waals surface area contributed by atoms with Crippen LogP contribution in [-0.2, 0) is 10.0 Å². The summed E-state index contributed by atoms with van der Waals surface area (Å²) in [6.45, 7) is 2.69. The molecule has 0 spiro atoms. The molecule has 0 aliphatic carbocycles. The van der Waals surface area contributed by atoms with E-state index in [2.05, 4.69) is 20.7 Å². The van der Waals surface area contributed by atoms with Crippen molar-refractivity contribution in [2.75, 3.05) is 13.1 Å². The predicted octanol–water partition coefficient (Wildman–Crippen LogP) is 1.38. The van der Waals surface area contributed by atoms with E-state index < -0.39 is 10.0 Å². The molecular formula is C10H15BrN2O2S. The summed E-state index contributed by atoms with van der Waals surface area (Å²) in [5, 5.41) is 0. The van der Waals surface area contributed by atoms with E-state index in [1.165, 1.54) is 0 Å². The number of hydrogen-bond donors (Lipinski definition) is 2. The van der Waals surface area contributed by atoms with E-state index in [1.807, 2.05) is 13.0 Å². The lowest BCUT2D eigenvalue weighted by Gasteiger charge is -2.07. The minimum Gasteiger partial charge on any atom is -0.330 e. The number of benzene rings is 1. The molecule has 6 heteroatoms. The van der Waals surface area contributed by atoms with Gasteiger partial charge in [0.25, 0.3) is 0 Å². The Morgan fingerprint density at radius 3 is 2.62 bits per heavy atom. The van der Waals surface area contributed by atoms with Crippen molar-refractivity contribution in [1.29, 1.82) is 0 Å². The molecule has 0 fully saturated rings. The zero-order chi connectivity index (χ0) is 12.2. The molecule has 3 N–H and O–H groups in total. The van der Waals surface area contributed by atoms with Crippen molar-refractivity contribution in [3.8, 4) is 0 Å². The normalized spacial score (nSPS) is 11.7. The third-order valence-electron chi connectivity index (χ3n) is 2.00. The molecule has 1 aromatic rings. The molecule has 0 heterocycles. The Morgan fingerprint density at radius 1 is 1.38 bits per heavy atom. The monoisotopic (exact) mass is 306 g/mol. The average molecular weight is 307 g/mol. The largest absolute Gasteiger partial charge is 0.330 e. The Bertz CT molecular complexity index is 440. The van der Waals surface area contributed by atoms with Gasteiger partial charge in [-0.1, -0.05) is 15.9 Å². The molecule has 4 nitrogen and oxygen atoms in total. The van der Waals surface area contributed by atoms with Crippen LogP contribution in [0.15, 0.2) is 27.6 Å². The Hall–Kier alpha value is -0.430. The lowest BCUT2D eigenvalue weighted by atomic mass is 10.2. The van der Waals surface area contributed by atoms with Crippen molar-refractivity contribution in [3.05, 3.63) is 28.2 Å². The van der Waals surface area contributed by atoms with Gasteiger partial charge < -0.3 is 5.73 Å². The van der Waals surface area contributed by atoms with Crippen LogP contribution in [0.4, 0.5) is 0 Å². The first-order valence-corrected chi connectivity index (χ1v) is 7.20. The first-order valence-electron chi connectivity index (χ1n) is 4.92. The lowest BCUT2D eigenvalue weighted by Crippen LogP contribution is -2.26. The molecule has 0 amide bonds. The topological polar surface area (TPSA) is 72.2 Å². The fourth-order valence-electron chi connectivity index (χ4n) is 1.25. The van der Waals surface area contributed by atoms with Crippen LogP contribution in [0.3, 0.4) is 0 Å². The van der Waals surface area contributed by atoms with E-state index in [1.54, 1.807) is 12.1 Å². The number of sulfonamides is 1. The van der Waals surface area contributed by atoms with Crippen LogP contribution in [0.25, 0.3) is 0 Å². The smallest absolute Gasteiger partial charge is 0.240 e. The molecule has 90 valence electrons. The molecule has 0 aliphatic heterocycles. The molecular weight excluding hydrogens is 292 g/mol. The fraction of sp³-hybridized carbons (Fsp3) is 0.400. The number of hydrogen-bond acceptors (Lipinski definition) is 3. The molecule has 16 heavy (non-hydrogen) atoms. The standard InChI is InChI=1S/C10H15BrN2O2S/c1-8-5-9(11)7-10(6-8)16(14,15)13-4-2-3-12/h5-7,13H,2-4,12H2,1H3. The average Bonchev–Trinajstić information content (AvgIpc) is 2.16. The SMILES string of the molecule is Cc1cc(Br)cc(S(=O)(=O)NCCCN)c1. The molecule has 0 bridgehead atoms. The number of nitrogens with one attached hydrogen (secondary N) is 1. The fourth-order valence-corrected chi connectivity index (χ4v) is 3.21. The van der Waals surface area contributed by atoms with Gasteiger partial charge in [0.15, 0.2) is 0 Å². The molecule has 0 saturated heterocycles. The van der Waals surface area contributed by atoms with Gasteiger partial charge >= 0.3 is 0 Å². The van der Waals surface area contributed by atoms with Crippen LogP contribution in [-0.4, -0.2) is 21.5 Å². The molecule has 1 aromatic carbocycles. The van der Waals surface area contributed by atoms with Gasteiger partial charge in [-0.25, -0.2) is 13.1 Å². The van der Waals surface area contributed by atoms with E-state index in [-0.39, 0.29) is 4.90 Å². The molecule has 0 atom stereocenters. The van der Waals surface area contributed by atoms with E-state index >= 15 is 0 Å². The van der Waals surface area contributed by atoms with E-state index in [0.717, 1.165) is 10.0 Å². The maximum Gasteiger partial charge on any atom is 0.240 e. The number of halogens is 1. The van der Waals surface area contributed by atoms with Gasteiger partial charge in [-0.05, 0) is 43.7 Å². The number of rotatable bonds is 5. The lowest BCUT2D eigenvalue weighted by molar-refractivity contribution is 0.579. The first-order chi connectivity index (χ1) is 7.45. The first kappa shape index (κ1) is 13.6. The highest BCUT2D eigenvalue weighted by Crippen LogP contribution is 2.18. The Morgan fingerprint density at radius 2 is 2.06 bits per heavy atom. The third kappa shape index (κ3) is 3.86. The van der Waals surface area contributed by atoms with Crippen LogP contribution in [0.1, 0.15) is 12.0 Å². The van der Waals surface area contributed by atoms with Gasteiger partial charge in [0, 0.05) is 11.0 Å². The van der Waals surface area contributed by atoms with Crippen molar-refractivity contribution in [3.63, 3.8) is 0 Å². The van der Waals surface area contributed by atoms with Gasteiger partial charge in [0.1, 0.15) is 0 Å². The zero-order valence-corrected chi connectivity index (χ0v) is 11.4. The van der Waals surface area contributed by atoms with Gasteiger partial charge in [0.05, 0.1) is 4.90 Å². The summed E-state index contributed by atoms with van der Waals surface area (Å²) in [7, 11) is -3.41. The van der Waals surface area contributed by atoms with Crippen LogP contribution in [0, 0.1) is 6.92 Å². The zero-order valence-electron chi connectivity index (χ0n) is 9.03. The predicted molar refractivity (Wildman–Crippen MR) is 67.7 cm³/mol. The summed E-state index contributed by atoms with van der Waals surface area (Å²) >= 11 is 3.28. The van der Waals surface area contributed by atoms with Gasteiger partial charge in [-0.3, -0.25) is 0 Å². The molecule has 0 radical (unpaired) electrons. The molecule has 0 aliphatic rings. The summed E-state index contributed by atoms with van der Waals surface area (Å²) < 4.78 is 26.9. The van der Waals surface area contributed by atoms with E-state index in [0.29, 0.717) is 19.5 Å². The second-order valence-corrected chi connectivity index (χ2v) is 6.19. The van der Waals surface area contributed by atoms with Crippen LogP contribution in [0.5, 0.6) is 0 Å². The maximum atomic E-state index is 11.8. The Balaban J connectivity index is 2.89. The number of nitrogens with two attached hydrogens (primary N) is 1. The summed E-state index contributed by atoms with van der Waals surface area (Å²) in [6, 6.07) is 5.08. The van der Waals surface area contributed by atoms with Gasteiger partial charge in [-0.2, -0.15) is 0 Å². The Labute approximate surface area is 104 Å². The van der Waals surface area contributed by atoms with E-state index in [9.17, 15) is 8.42 Å².